The molecule has 1 saturated heterocycles. The summed E-state index contributed by atoms with van der Waals surface area (Å²) in [6.07, 6.45) is 7.44. The van der Waals surface area contributed by atoms with E-state index < -0.39 is 0 Å². The van der Waals surface area contributed by atoms with E-state index in [1.54, 1.807) is 23.3 Å². The molecular weight excluding hydrogens is 280 g/mol. The predicted molar refractivity (Wildman–Crippen MR) is 74.2 cm³/mol. The van der Waals surface area contributed by atoms with Crippen LogP contribution in [0.1, 0.15) is 12.8 Å². The lowest BCUT2D eigenvalue weighted by molar-refractivity contribution is 0.116. The molecule has 0 N–H and O–H groups in total. The average molecular weight is 295 g/mol. The zero-order chi connectivity index (χ0) is 13.9. The first-order chi connectivity index (χ1) is 9.72. The first-order valence-electron chi connectivity index (χ1n) is 6.45. The van der Waals surface area contributed by atoms with Crippen molar-refractivity contribution in [2.75, 3.05) is 25.1 Å². The summed E-state index contributed by atoms with van der Waals surface area (Å²) < 4.78 is 7.31. The summed E-state index contributed by atoms with van der Waals surface area (Å²) in [7, 11) is 1.92. The van der Waals surface area contributed by atoms with Crippen LogP contribution in [0.15, 0.2) is 18.7 Å². The van der Waals surface area contributed by atoms with Crippen LogP contribution in [-0.2, 0) is 4.74 Å². The van der Waals surface area contributed by atoms with Crippen molar-refractivity contribution in [3.05, 3.63) is 24.0 Å². The van der Waals surface area contributed by atoms with Crippen molar-refractivity contribution in [3.8, 4) is 5.95 Å². The fraction of sp³-hybridized carbons (Fsp3) is 0.500. The molecule has 1 fully saturated rings. The van der Waals surface area contributed by atoms with Crippen LogP contribution < -0.4 is 4.90 Å². The van der Waals surface area contributed by atoms with Crippen LogP contribution in [0, 0.1) is 0 Å². The van der Waals surface area contributed by atoms with Crippen molar-refractivity contribution in [3.63, 3.8) is 0 Å². The zero-order valence-electron chi connectivity index (χ0n) is 11.1. The predicted octanol–water partition coefficient (Wildman–Crippen LogP) is 1.33. The van der Waals surface area contributed by atoms with Crippen molar-refractivity contribution in [2.24, 2.45) is 0 Å². The molecule has 1 aliphatic heterocycles. The van der Waals surface area contributed by atoms with Gasteiger partial charge in [-0.2, -0.15) is 15.0 Å². The minimum atomic E-state index is 0.165. The highest BCUT2D eigenvalue weighted by molar-refractivity contribution is 6.28. The number of likely N-dealkylation sites (N-methyl/N-ethyl adjacent to an activating group) is 1. The molecule has 7 nitrogen and oxygen atoms in total. The van der Waals surface area contributed by atoms with E-state index in [2.05, 4.69) is 19.9 Å². The average Bonchev–Trinajstić information content (AvgIpc) is 3.11. The van der Waals surface area contributed by atoms with Crippen LogP contribution in [0.3, 0.4) is 0 Å². The molecule has 106 valence electrons. The molecular formula is C12H15ClN6O. The molecule has 8 heteroatoms. The Bertz CT molecular complexity index is 569. The van der Waals surface area contributed by atoms with Gasteiger partial charge in [-0.25, -0.2) is 4.98 Å². The lowest BCUT2D eigenvalue weighted by Crippen LogP contribution is -2.30. The van der Waals surface area contributed by atoms with E-state index in [1.807, 2.05) is 11.9 Å². The Morgan fingerprint density at radius 2 is 2.35 bits per heavy atom. The van der Waals surface area contributed by atoms with Crippen molar-refractivity contribution >= 4 is 17.5 Å². The highest BCUT2D eigenvalue weighted by Gasteiger charge is 2.19. The van der Waals surface area contributed by atoms with E-state index in [4.69, 9.17) is 16.3 Å². The second-order valence-corrected chi connectivity index (χ2v) is 5.03. The third kappa shape index (κ3) is 2.88. The van der Waals surface area contributed by atoms with Gasteiger partial charge in [0.2, 0.25) is 17.2 Å². The minimum Gasteiger partial charge on any atom is -0.376 e. The summed E-state index contributed by atoms with van der Waals surface area (Å²) >= 11 is 5.97. The van der Waals surface area contributed by atoms with Crippen molar-refractivity contribution < 1.29 is 4.74 Å². The molecule has 1 atom stereocenters. The maximum Gasteiger partial charge on any atom is 0.241 e. The molecule has 0 saturated carbocycles. The number of aromatic nitrogens is 5. The quantitative estimate of drug-likeness (QED) is 0.847. The van der Waals surface area contributed by atoms with Gasteiger partial charge < -0.3 is 9.64 Å². The van der Waals surface area contributed by atoms with Crippen LogP contribution >= 0.6 is 11.6 Å². The highest BCUT2D eigenvalue weighted by Crippen LogP contribution is 2.17. The van der Waals surface area contributed by atoms with Gasteiger partial charge in [0.1, 0.15) is 6.33 Å². The summed E-state index contributed by atoms with van der Waals surface area (Å²) in [5.74, 6) is 0.987. The van der Waals surface area contributed by atoms with Gasteiger partial charge in [-0.05, 0) is 24.4 Å². The summed E-state index contributed by atoms with van der Waals surface area (Å²) in [5.41, 5.74) is 0. The van der Waals surface area contributed by atoms with Gasteiger partial charge >= 0.3 is 0 Å². The maximum atomic E-state index is 5.97. The van der Waals surface area contributed by atoms with Crippen LogP contribution in [0.5, 0.6) is 0 Å². The third-order valence-electron chi connectivity index (χ3n) is 3.16. The van der Waals surface area contributed by atoms with Gasteiger partial charge in [0.25, 0.3) is 0 Å². The molecule has 0 spiro atoms. The lowest BCUT2D eigenvalue weighted by atomic mass is 10.2. The maximum absolute atomic E-state index is 5.97. The molecule has 0 radical (unpaired) electrons. The number of halogens is 1. The Kier molecular flexibility index (Phi) is 3.79. The number of ether oxygens (including phenoxy) is 1. The second-order valence-electron chi connectivity index (χ2n) is 4.69. The molecule has 1 aliphatic rings. The first-order valence-corrected chi connectivity index (χ1v) is 6.83. The molecule has 1 unspecified atom stereocenters. The van der Waals surface area contributed by atoms with Crippen molar-refractivity contribution in [1.82, 2.24) is 24.5 Å². The monoisotopic (exact) mass is 294 g/mol. The Morgan fingerprint density at radius 1 is 1.45 bits per heavy atom. The second kappa shape index (κ2) is 5.72. The largest absolute Gasteiger partial charge is 0.376 e. The number of rotatable bonds is 4. The fourth-order valence-electron chi connectivity index (χ4n) is 2.17. The molecule has 20 heavy (non-hydrogen) atoms. The molecule has 3 rings (SSSR count). The van der Waals surface area contributed by atoms with Gasteiger partial charge in [0.15, 0.2) is 0 Å². The Hall–Kier alpha value is -1.73. The molecule has 0 amide bonds. The van der Waals surface area contributed by atoms with Crippen LogP contribution in [-0.4, -0.2) is 50.8 Å². The summed E-state index contributed by atoms with van der Waals surface area (Å²) in [4.78, 5) is 18.6. The molecule has 3 heterocycles. The number of nitrogens with zero attached hydrogens (tertiary/aromatic N) is 6. The number of hydrogen-bond donors (Lipinski definition) is 0. The molecule has 2 aromatic rings. The van der Waals surface area contributed by atoms with Crippen molar-refractivity contribution in [2.45, 2.75) is 18.9 Å². The molecule has 0 aromatic carbocycles. The van der Waals surface area contributed by atoms with Crippen molar-refractivity contribution in [1.29, 1.82) is 0 Å². The van der Waals surface area contributed by atoms with E-state index in [0.717, 1.165) is 26.0 Å². The van der Waals surface area contributed by atoms with E-state index in [9.17, 15) is 0 Å². The standard InChI is InChI=1S/C12H15ClN6O/c1-18(7-9-3-2-6-20-9)11-15-10(13)16-12(17-11)19-5-4-14-8-19/h4-5,8-9H,2-3,6-7H2,1H3. The summed E-state index contributed by atoms with van der Waals surface area (Å²) in [5, 5.41) is 0.165. The topological polar surface area (TPSA) is 69.0 Å². The zero-order valence-corrected chi connectivity index (χ0v) is 11.9. The van der Waals surface area contributed by atoms with E-state index >= 15 is 0 Å². The lowest BCUT2D eigenvalue weighted by Gasteiger charge is -2.20. The Labute approximate surface area is 121 Å². The molecule has 0 aliphatic carbocycles. The van der Waals surface area contributed by atoms with Gasteiger partial charge in [-0.1, -0.05) is 0 Å². The highest BCUT2D eigenvalue weighted by atomic mass is 35.5. The van der Waals surface area contributed by atoms with Crippen LogP contribution in [0.4, 0.5) is 5.95 Å². The van der Waals surface area contributed by atoms with Gasteiger partial charge in [0, 0.05) is 32.6 Å². The van der Waals surface area contributed by atoms with E-state index in [1.165, 1.54) is 0 Å². The van der Waals surface area contributed by atoms with Crippen LogP contribution in [0.25, 0.3) is 5.95 Å². The summed E-state index contributed by atoms with van der Waals surface area (Å²) in [6, 6.07) is 0. The minimum absolute atomic E-state index is 0.165. The smallest absolute Gasteiger partial charge is 0.241 e. The fourth-order valence-corrected chi connectivity index (χ4v) is 2.32. The molecule has 2 aromatic heterocycles. The Balaban J connectivity index is 1.81. The van der Waals surface area contributed by atoms with E-state index in [0.29, 0.717) is 11.9 Å². The van der Waals surface area contributed by atoms with E-state index in [-0.39, 0.29) is 11.4 Å². The first kappa shape index (κ1) is 13.3. The third-order valence-corrected chi connectivity index (χ3v) is 3.33. The summed E-state index contributed by atoms with van der Waals surface area (Å²) in [6.45, 7) is 1.57. The SMILES string of the molecule is CN(CC1CCCO1)c1nc(Cl)nc(-n2ccnc2)n1. The molecule has 0 bridgehead atoms. The Morgan fingerprint density at radius 3 is 3.05 bits per heavy atom. The normalized spacial score (nSPS) is 18.4. The van der Waals surface area contributed by atoms with Gasteiger partial charge in [-0.3, -0.25) is 4.57 Å². The number of imidazole rings is 1. The number of hydrogen-bond acceptors (Lipinski definition) is 6. The van der Waals surface area contributed by atoms with Crippen LogP contribution in [0.2, 0.25) is 5.28 Å². The number of anilines is 1. The van der Waals surface area contributed by atoms with Gasteiger partial charge in [0.05, 0.1) is 6.10 Å². The van der Waals surface area contributed by atoms with Gasteiger partial charge in [-0.15, -0.1) is 0 Å².